The smallest absolute Gasteiger partial charge is 0.0313 e. The van der Waals surface area contributed by atoms with Crippen LogP contribution < -0.4 is 5.32 Å². The summed E-state index contributed by atoms with van der Waals surface area (Å²) in [6.45, 7) is 3.05. The number of pyridine rings is 1. The molecule has 1 aliphatic rings. The molecule has 1 saturated heterocycles. The molecule has 0 aliphatic carbocycles. The fourth-order valence-corrected chi connectivity index (χ4v) is 2.98. The van der Waals surface area contributed by atoms with Gasteiger partial charge in [-0.15, -0.1) is 0 Å². The number of hydrogen-bond donors (Lipinski definition) is 1. The lowest BCUT2D eigenvalue weighted by Crippen LogP contribution is -2.33. The van der Waals surface area contributed by atoms with Gasteiger partial charge >= 0.3 is 0 Å². The van der Waals surface area contributed by atoms with Crippen LogP contribution in [-0.4, -0.2) is 22.5 Å². The van der Waals surface area contributed by atoms with Gasteiger partial charge in [0.2, 0.25) is 0 Å². The normalized spacial score (nSPS) is 21.5. The van der Waals surface area contributed by atoms with Crippen molar-refractivity contribution >= 4 is 11.8 Å². The molecule has 0 aromatic carbocycles. The Kier molecular flexibility index (Phi) is 4.03. The Hall–Kier alpha value is -0.540. The van der Waals surface area contributed by atoms with Gasteiger partial charge in [-0.25, -0.2) is 0 Å². The van der Waals surface area contributed by atoms with E-state index in [0.29, 0.717) is 6.04 Å². The summed E-state index contributed by atoms with van der Waals surface area (Å²) in [4.78, 5) is 4.20. The molecular formula is C12H18N2S. The molecule has 3 heteroatoms. The lowest BCUT2D eigenvalue weighted by Gasteiger charge is -2.22. The van der Waals surface area contributed by atoms with Crippen LogP contribution in [0.5, 0.6) is 0 Å². The molecule has 0 amide bonds. The Balaban J connectivity index is 1.81. The molecule has 82 valence electrons. The van der Waals surface area contributed by atoms with Crippen LogP contribution in [0.1, 0.15) is 24.0 Å². The third kappa shape index (κ3) is 3.50. The predicted molar refractivity (Wildman–Crippen MR) is 66.2 cm³/mol. The molecule has 0 spiro atoms. The third-order valence-electron chi connectivity index (χ3n) is 2.69. The van der Waals surface area contributed by atoms with Gasteiger partial charge in [0.05, 0.1) is 0 Å². The van der Waals surface area contributed by atoms with Crippen LogP contribution in [0, 0.1) is 6.92 Å². The van der Waals surface area contributed by atoms with Gasteiger partial charge in [0, 0.05) is 30.7 Å². The van der Waals surface area contributed by atoms with E-state index in [4.69, 9.17) is 0 Å². The van der Waals surface area contributed by atoms with E-state index in [1.165, 1.54) is 35.5 Å². The second-order valence-electron chi connectivity index (χ2n) is 4.17. The lowest BCUT2D eigenvalue weighted by atomic mass is 10.1. The van der Waals surface area contributed by atoms with E-state index >= 15 is 0 Å². The number of nitrogens with one attached hydrogen (secondary N) is 1. The molecule has 0 radical (unpaired) electrons. The van der Waals surface area contributed by atoms with Gasteiger partial charge in [0.15, 0.2) is 0 Å². The first-order chi connectivity index (χ1) is 7.34. The van der Waals surface area contributed by atoms with E-state index < -0.39 is 0 Å². The van der Waals surface area contributed by atoms with Gasteiger partial charge in [-0.3, -0.25) is 4.98 Å². The summed E-state index contributed by atoms with van der Waals surface area (Å²) in [5.41, 5.74) is 2.54. The Morgan fingerprint density at radius 1 is 1.53 bits per heavy atom. The molecule has 1 aromatic heterocycles. The summed E-state index contributed by atoms with van der Waals surface area (Å²) >= 11 is 2.06. The maximum Gasteiger partial charge on any atom is 0.0313 e. The van der Waals surface area contributed by atoms with E-state index in [0.717, 1.165) is 6.54 Å². The van der Waals surface area contributed by atoms with Crippen LogP contribution in [0.4, 0.5) is 0 Å². The molecule has 1 aliphatic heterocycles. The van der Waals surface area contributed by atoms with Gasteiger partial charge in [-0.05, 0) is 36.6 Å². The second-order valence-corrected chi connectivity index (χ2v) is 5.32. The molecule has 2 heterocycles. The highest BCUT2D eigenvalue weighted by molar-refractivity contribution is 7.99. The molecule has 0 bridgehead atoms. The fourth-order valence-electron chi connectivity index (χ4n) is 1.88. The van der Waals surface area contributed by atoms with Crippen molar-refractivity contribution in [2.75, 3.05) is 11.5 Å². The fraction of sp³-hybridized carbons (Fsp3) is 0.583. The predicted octanol–water partition coefficient (Wildman–Crippen LogP) is 2.38. The van der Waals surface area contributed by atoms with Crippen LogP contribution in [0.15, 0.2) is 18.5 Å². The molecule has 0 saturated carbocycles. The van der Waals surface area contributed by atoms with Gasteiger partial charge < -0.3 is 5.32 Å². The Bertz CT molecular complexity index is 308. The van der Waals surface area contributed by atoms with Crippen molar-refractivity contribution in [1.29, 1.82) is 0 Å². The number of nitrogens with zero attached hydrogens (tertiary/aromatic N) is 1. The molecule has 15 heavy (non-hydrogen) atoms. The number of aromatic nitrogens is 1. The van der Waals surface area contributed by atoms with Crippen LogP contribution in [0.25, 0.3) is 0 Å². The minimum absolute atomic E-state index is 0.698. The Morgan fingerprint density at radius 2 is 2.47 bits per heavy atom. The molecule has 2 nitrogen and oxygen atoms in total. The average molecular weight is 222 g/mol. The summed E-state index contributed by atoms with van der Waals surface area (Å²) < 4.78 is 0. The summed E-state index contributed by atoms with van der Waals surface area (Å²) in [5.74, 6) is 2.60. The van der Waals surface area contributed by atoms with E-state index in [1.807, 2.05) is 12.4 Å². The quantitative estimate of drug-likeness (QED) is 0.850. The van der Waals surface area contributed by atoms with Gasteiger partial charge in [0.25, 0.3) is 0 Å². The molecule has 2 rings (SSSR count). The summed E-state index contributed by atoms with van der Waals surface area (Å²) in [5, 5.41) is 3.60. The zero-order valence-electron chi connectivity index (χ0n) is 9.20. The molecule has 1 aromatic rings. The van der Waals surface area contributed by atoms with Crippen LogP contribution in [0.3, 0.4) is 0 Å². The van der Waals surface area contributed by atoms with Crippen molar-refractivity contribution in [1.82, 2.24) is 10.3 Å². The van der Waals surface area contributed by atoms with E-state index in [-0.39, 0.29) is 0 Å². The monoisotopic (exact) mass is 222 g/mol. The van der Waals surface area contributed by atoms with Crippen molar-refractivity contribution in [3.8, 4) is 0 Å². The SMILES string of the molecule is Cc1cncc(CNC2CCCSC2)c1. The van der Waals surface area contributed by atoms with E-state index in [9.17, 15) is 0 Å². The first kappa shape index (κ1) is 11.0. The highest BCUT2D eigenvalue weighted by atomic mass is 32.2. The topological polar surface area (TPSA) is 24.9 Å². The lowest BCUT2D eigenvalue weighted by molar-refractivity contribution is 0.507. The maximum atomic E-state index is 4.20. The number of rotatable bonds is 3. The molecule has 1 N–H and O–H groups in total. The first-order valence-corrected chi connectivity index (χ1v) is 6.72. The van der Waals surface area contributed by atoms with Gasteiger partial charge in [0.1, 0.15) is 0 Å². The Morgan fingerprint density at radius 3 is 3.20 bits per heavy atom. The highest BCUT2D eigenvalue weighted by Crippen LogP contribution is 2.17. The largest absolute Gasteiger partial charge is 0.309 e. The Labute approximate surface area is 95.9 Å². The van der Waals surface area contributed by atoms with Crippen molar-refractivity contribution < 1.29 is 0 Å². The van der Waals surface area contributed by atoms with Crippen LogP contribution in [0.2, 0.25) is 0 Å². The van der Waals surface area contributed by atoms with Crippen LogP contribution >= 0.6 is 11.8 Å². The average Bonchev–Trinajstić information content (AvgIpc) is 2.28. The highest BCUT2D eigenvalue weighted by Gasteiger charge is 2.12. The maximum absolute atomic E-state index is 4.20. The summed E-state index contributed by atoms with van der Waals surface area (Å²) in [6, 6.07) is 2.90. The van der Waals surface area contributed by atoms with E-state index in [1.54, 1.807) is 0 Å². The number of thioether (sulfide) groups is 1. The standard InChI is InChI=1S/C12H18N2S/c1-10-5-11(7-13-6-10)8-14-12-3-2-4-15-9-12/h5-7,12,14H,2-4,8-9H2,1H3. The first-order valence-electron chi connectivity index (χ1n) is 5.56. The zero-order chi connectivity index (χ0) is 10.5. The van der Waals surface area contributed by atoms with Crippen LogP contribution in [-0.2, 0) is 6.54 Å². The summed E-state index contributed by atoms with van der Waals surface area (Å²) in [7, 11) is 0. The van der Waals surface area contributed by atoms with Crippen molar-refractivity contribution in [3.05, 3.63) is 29.6 Å². The molecule has 1 fully saturated rings. The van der Waals surface area contributed by atoms with Crippen molar-refractivity contribution in [2.24, 2.45) is 0 Å². The molecule has 1 unspecified atom stereocenters. The van der Waals surface area contributed by atoms with Gasteiger partial charge in [-0.2, -0.15) is 11.8 Å². The minimum Gasteiger partial charge on any atom is -0.309 e. The minimum atomic E-state index is 0.698. The third-order valence-corrected chi connectivity index (χ3v) is 3.90. The zero-order valence-corrected chi connectivity index (χ0v) is 10.0. The van der Waals surface area contributed by atoms with E-state index in [2.05, 4.69) is 35.1 Å². The molecular weight excluding hydrogens is 204 g/mol. The molecule has 1 atom stereocenters. The number of hydrogen-bond acceptors (Lipinski definition) is 3. The second kappa shape index (κ2) is 5.52. The van der Waals surface area contributed by atoms with Crippen molar-refractivity contribution in [2.45, 2.75) is 32.4 Å². The summed E-state index contributed by atoms with van der Waals surface area (Å²) in [6.07, 6.45) is 6.54. The van der Waals surface area contributed by atoms with Crippen molar-refractivity contribution in [3.63, 3.8) is 0 Å². The number of aryl methyl sites for hydroxylation is 1. The van der Waals surface area contributed by atoms with Gasteiger partial charge in [-0.1, -0.05) is 6.07 Å².